The molecule has 142 valence electrons. The van der Waals surface area contributed by atoms with Gasteiger partial charge in [0, 0.05) is 29.4 Å². The molecular weight excluding hydrogens is 360 g/mol. The molecule has 2 amide bonds. The first-order chi connectivity index (χ1) is 12.9. The third-order valence-electron chi connectivity index (χ3n) is 5.02. The maximum absolute atomic E-state index is 12.7. The highest BCUT2D eigenvalue weighted by atomic mass is 35.5. The van der Waals surface area contributed by atoms with Crippen molar-refractivity contribution < 1.29 is 9.59 Å². The molecule has 1 fully saturated rings. The van der Waals surface area contributed by atoms with E-state index in [-0.39, 0.29) is 17.7 Å². The predicted molar refractivity (Wildman–Crippen MR) is 109 cm³/mol. The van der Waals surface area contributed by atoms with Crippen molar-refractivity contribution in [1.82, 2.24) is 4.90 Å². The summed E-state index contributed by atoms with van der Waals surface area (Å²) in [5.41, 5.74) is 2.64. The molecular formula is C22H25ClN2O2. The summed E-state index contributed by atoms with van der Waals surface area (Å²) in [5.74, 6) is 0.187. The van der Waals surface area contributed by atoms with E-state index in [1.807, 2.05) is 24.3 Å². The van der Waals surface area contributed by atoms with Crippen LogP contribution in [0, 0.1) is 5.92 Å². The van der Waals surface area contributed by atoms with Crippen LogP contribution in [0.3, 0.4) is 0 Å². The highest BCUT2D eigenvalue weighted by Gasteiger charge is 2.29. The molecule has 0 radical (unpaired) electrons. The first-order valence-corrected chi connectivity index (χ1v) is 9.77. The molecule has 0 bridgehead atoms. The van der Waals surface area contributed by atoms with Crippen LogP contribution in [0.15, 0.2) is 48.5 Å². The van der Waals surface area contributed by atoms with E-state index in [0.29, 0.717) is 29.6 Å². The normalized spacial score (nSPS) is 17.0. The average molecular weight is 385 g/mol. The highest BCUT2D eigenvalue weighted by Crippen LogP contribution is 2.22. The summed E-state index contributed by atoms with van der Waals surface area (Å²) >= 11 is 5.89. The molecule has 1 aliphatic rings. The smallest absolute Gasteiger partial charge is 0.253 e. The van der Waals surface area contributed by atoms with Gasteiger partial charge in [0.15, 0.2) is 0 Å². The molecule has 1 saturated heterocycles. The summed E-state index contributed by atoms with van der Waals surface area (Å²) in [6.45, 7) is 5.40. The zero-order valence-electron chi connectivity index (χ0n) is 15.7. The summed E-state index contributed by atoms with van der Waals surface area (Å²) in [4.78, 5) is 27.1. The lowest BCUT2D eigenvalue weighted by atomic mass is 9.96. The van der Waals surface area contributed by atoms with Crippen molar-refractivity contribution in [2.45, 2.75) is 32.6 Å². The number of likely N-dealkylation sites (tertiary alicyclic amines) is 1. The zero-order valence-corrected chi connectivity index (χ0v) is 16.5. The monoisotopic (exact) mass is 384 g/mol. The Balaban J connectivity index is 1.62. The van der Waals surface area contributed by atoms with Gasteiger partial charge in [-0.05, 0) is 60.7 Å². The molecule has 2 aromatic rings. The Kier molecular flexibility index (Phi) is 6.17. The van der Waals surface area contributed by atoms with Crippen molar-refractivity contribution in [2.24, 2.45) is 5.92 Å². The average Bonchev–Trinajstić information content (AvgIpc) is 2.68. The van der Waals surface area contributed by atoms with Crippen molar-refractivity contribution >= 4 is 29.1 Å². The summed E-state index contributed by atoms with van der Waals surface area (Å²) in [6.07, 6.45) is 1.62. The van der Waals surface area contributed by atoms with Gasteiger partial charge >= 0.3 is 0 Å². The molecule has 1 atom stereocenters. The van der Waals surface area contributed by atoms with Gasteiger partial charge in [-0.2, -0.15) is 0 Å². The number of hydrogen-bond donors (Lipinski definition) is 1. The first-order valence-electron chi connectivity index (χ1n) is 9.39. The van der Waals surface area contributed by atoms with Crippen LogP contribution in [0.5, 0.6) is 0 Å². The van der Waals surface area contributed by atoms with Crippen LogP contribution in [0.2, 0.25) is 5.02 Å². The molecule has 27 heavy (non-hydrogen) atoms. The van der Waals surface area contributed by atoms with E-state index < -0.39 is 0 Å². The van der Waals surface area contributed by atoms with E-state index in [0.717, 1.165) is 18.5 Å². The van der Waals surface area contributed by atoms with Gasteiger partial charge in [0.25, 0.3) is 5.91 Å². The summed E-state index contributed by atoms with van der Waals surface area (Å²) in [7, 11) is 0. The standard InChI is InChI=1S/C22H25ClN2O2/c1-15(2)16-7-11-20(12-8-16)24-21(26)18-4-3-13-25(14-18)22(27)17-5-9-19(23)10-6-17/h5-12,15,18H,3-4,13-14H2,1-2H3,(H,24,26)/t18-/m1/s1. The number of carbonyl (C=O) groups excluding carboxylic acids is 2. The lowest BCUT2D eigenvalue weighted by Gasteiger charge is -2.32. The van der Waals surface area contributed by atoms with Gasteiger partial charge in [-0.25, -0.2) is 0 Å². The fourth-order valence-corrected chi connectivity index (χ4v) is 3.47. The number of amides is 2. The lowest BCUT2D eigenvalue weighted by Crippen LogP contribution is -2.43. The topological polar surface area (TPSA) is 49.4 Å². The van der Waals surface area contributed by atoms with E-state index in [9.17, 15) is 9.59 Å². The Morgan fingerprint density at radius 1 is 1.07 bits per heavy atom. The van der Waals surface area contributed by atoms with Gasteiger partial charge in [-0.1, -0.05) is 37.6 Å². The fourth-order valence-electron chi connectivity index (χ4n) is 3.35. The molecule has 3 rings (SSSR count). The molecule has 2 aromatic carbocycles. The summed E-state index contributed by atoms with van der Waals surface area (Å²) in [5, 5.41) is 3.59. The largest absolute Gasteiger partial charge is 0.338 e. The van der Waals surface area contributed by atoms with Crippen LogP contribution in [0.1, 0.15) is 48.5 Å². The second-order valence-corrected chi connectivity index (χ2v) is 7.80. The minimum atomic E-state index is -0.195. The molecule has 0 unspecified atom stereocenters. The van der Waals surface area contributed by atoms with E-state index in [1.165, 1.54) is 5.56 Å². The summed E-state index contributed by atoms with van der Waals surface area (Å²) in [6, 6.07) is 14.8. The molecule has 1 heterocycles. The Labute approximate surface area is 165 Å². The number of piperidine rings is 1. The van der Waals surface area contributed by atoms with E-state index >= 15 is 0 Å². The molecule has 1 aliphatic heterocycles. The van der Waals surface area contributed by atoms with E-state index in [1.54, 1.807) is 29.2 Å². The maximum Gasteiger partial charge on any atom is 0.253 e. The van der Waals surface area contributed by atoms with Crippen molar-refractivity contribution in [3.8, 4) is 0 Å². The van der Waals surface area contributed by atoms with Crippen LogP contribution >= 0.6 is 11.6 Å². The molecule has 0 spiro atoms. The zero-order chi connectivity index (χ0) is 19.4. The van der Waals surface area contributed by atoms with Crippen LogP contribution in [-0.4, -0.2) is 29.8 Å². The maximum atomic E-state index is 12.7. The van der Waals surface area contributed by atoms with Gasteiger partial charge in [-0.15, -0.1) is 0 Å². The Morgan fingerprint density at radius 3 is 2.37 bits per heavy atom. The van der Waals surface area contributed by atoms with Crippen molar-refractivity contribution in [2.75, 3.05) is 18.4 Å². The second-order valence-electron chi connectivity index (χ2n) is 7.36. The SMILES string of the molecule is CC(C)c1ccc(NC(=O)[C@@H]2CCCN(C(=O)c3ccc(Cl)cc3)C2)cc1. The molecule has 0 aliphatic carbocycles. The van der Waals surface area contributed by atoms with Gasteiger partial charge in [0.2, 0.25) is 5.91 Å². The highest BCUT2D eigenvalue weighted by molar-refractivity contribution is 6.30. The van der Waals surface area contributed by atoms with E-state index in [2.05, 4.69) is 19.2 Å². The van der Waals surface area contributed by atoms with Gasteiger partial charge < -0.3 is 10.2 Å². The number of rotatable bonds is 4. The minimum Gasteiger partial charge on any atom is -0.338 e. The Hall–Kier alpha value is -2.33. The molecule has 4 nitrogen and oxygen atoms in total. The number of anilines is 1. The number of hydrogen-bond acceptors (Lipinski definition) is 2. The number of benzene rings is 2. The van der Waals surface area contributed by atoms with Crippen molar-refractivity contribution in [3.05, 3.63) is 64.7 Å². The predicted octanol–water partition coefficient (Wildman–Crippen LogP) is 4.95. The first kappa shape index (κ1) is 19.4. The van der Waals surface area contributed by atoms with Gasteiger partial charge in [-0.3, -0.25) is 9.59 Å². The van der Waals surface area contributed by atoms with E-state index in [4.69, 9.17) is 11.6 Å². The van der Waals surface area contributed by atoms with Gasteiger partial charge in [0.1, 0.15) is 0 Å². The molecule has 0 saturated carbocycles. The summed E-state index contributed by atoms with van der Waals surface area (Å²) < 4.78 is 0. The number of carbonyl (C=O) groups is 2. The lowest BCUT2D eigenvalue weighted by molar-refractivity contribution is -0.121. The fraction of sp³-hybridized carbons (Fsp3) is 0.364. The second kappa shape index (κ2) is 8.57. The number of nitrogens with zero attached hydrogens (tertiary/aromatic N) is 1. The quantitative estimate of drug-likeness (QED) is 0.810. The number of nitrogens with one attached hydrogen (secondary N) is 1. The Morgan fingerprint density at radius 2 is 1.74 bits per heavy atom. The molecule has 5 heteroatoms. The Bertz CT molecular complexity index is 800. The third-order valence-corrected chi connectivity index (χ3v) is 5.27. The van der Waals surface area contributed by atoms with Crippen molar-refractivity contribution in [3.63, 3.8) is 0 Å². The van der Waals surface area contributed by atoms with Crippen LogP contribution in [0.4, 0.5) is 5.69 Å². The van der Waals surface area contributed by atoms with Crippen LogP contribution < -0.4 is 5.32 Å². The van der Waals surface area contributed by atoms with Crippen LogP contribution in [-0.2, 0) is 4.79 Å². The molecule has 0 aromatic heterocycles. The van der Waals surface area contributed by atoms with Gasteiger partial charge in [0.05, 0.1) is 5.92 Å². The number of halogens is 1. The van der Waals surface area contributed by atoms with Crippen LogP contribution in [0.25, 0.3) is 0 Å². The molecule has 1 N–H and O–H groups in total. The third kappa shape index (κ3) is 4.89. The van der Waals surface area contributed by atoms with Crippen molar-refractivity contribution in [1.29, 1.82) is 0 Å². The minimum absolute atomic E-state index is 0.0269.